The lowest BCUT2D eigenvalue weighted by atomic mass is 10.1. The van der Waals surface area contributed by atoms with Crippen LogP contribution in [0.3, 0.4) is 0 Å². The maximum Gasteiger partial charge on any atom is 0.0534 e. The van der Waals surface area contributed by atoms with Crippen molar-refractivity contribution in [3.8, 4) is 0 Å². The third-order valence-corrected chi connectivity index (χ3v) is 3.42. The smallest absolute Gasteiger partial charge is 0.0534 e. The standard InChI is InChI=1S/C12H22N4/c1-3-16-9-10(7-14-16)8-15(2)12(6-13)11-4-5-11/h7,9,11-12H,3-6,8,13H2,1-2H3. The molecule has 1 aromatic rings. The number of hydrogen-bond donors (Lipinski definition) is 1. The quantitative estimate of drug-likeness (QED) is 0.783. The molecule has 0 radical (unpaired) electrons. The van der Waals surface area contributed by atoms with Crippen LogP contribution in [-0.4, -0.2) is 34.3 Å². The SMILES string of the molecule is CCn1cc(CN(C)C(CN)C2CC2)cn1. The molecule has 1 saturated carbocycles. The zero-order valence-corrected chi connectivity index (χ0v) is 10.3. The summed E-state index contributed by atoms with van der Waals surface area (Å²) < 4.78 is 1.97. The minimum atomic E-state index is 0.546. The summed E-state index contributed by atoms with van der Waals surface area (Å²) >= 11 is 0. The fourth-order valence-electron chi connectivity index (χ4n) is 2.28. The highest BCUT2D eigenvalue weighted by Gasteiger charge is 2.32. The van der Waals surface area contributed by atoms with Gasteiger partial charge in [-0.15, -0.1) is 0 Å². The number of rotatable bonds is 6. The van der Waals surface area contributed by atoms with Crippen LogP contribution in [0.4, 0.5) is 0 Å². The van der Waals surface area contributed by atoms with Crippen molar-refractivity contribution >= 4 is 0 Å². The van der Waals surface area contributed by atoms with Gasteiger partial charge in [0.1, 0.15) is 0 Å². The van der Waals surface area contributed by atoms with E-state index in [9.17, 15) is 0 Å². The molecule has 16 heavy (non-hydrogen) atoms. The van der Waals surface area contributed by atoms with Gasteiger partial charge in [0.2, 0.25) is 0 Å². The highest BCUT2D eigenvalue weighted by molar-refractivity contribution is 5.04. The van der Waals surface area contributed by atoms with Crippen molar-refractivity contribution in [3.05, 3.63) is 18.0 Å². The second-order valence-corrected chi connectivity index (χ2v) is 4.76. The summed E-state index contributed by atoms with van der Waals surface area (Å²) in [4.78, 5) is 2.37. The number of aromatic nitrogens is 2. The first-order valence-electron chi connectivity index (χ1n) is 6.16. The Morgan fingerprint density at radius 2 is 2.38 bits per heavy atom. The second-order valence-electron chi connectivity index (χ2n) is 4.76. The minimum absolute atomic E-state index is 0.546. The molecule has 0 amide bonds. The van der Waals surface area contributed by atoms with E-state index in [4.69, 9.17) is 5.73 Å². The van der Waals surface area contributed by atoms with Gasteiger partial charge in [-0.1, -0.05) is 0 Å². The molecule has 0 aromatic carbocycles. The van der Waals surface area contributed by atoms with Gasteiger partial charge >= 0.3 is 0 Å². The van der Waals surface area contributed by atoms with Gasteiger partial charge in [0.15, 0.2) is 0 Å². The van der Waals surface area contributed by atoms with Crippen LogP contribution >= 0.6 is 0 Å². The van der Waals surface area contributed by atoms with Gasteiger partial charge in [0.25, 0.3) is 0 Å². The molecule has 4 heteroatoms. The van der Waals surface area contributed by atoms with Crippen LogP contribution in [0.1, 0.15) is 25.3 Å². The molecule has 1 fully saturated rings. The number of nitrogens with zero attached hydrogens (tertiary/aromatic N) is 3. The van der Waals surface area contributed by atoms with Gasteiger partial charge in [-0.25, -0.2) is 0 Å². The van der Waals surface area contributed by atoms with Crippen molar-refractivity contribution < 1.29 is 0 Å². The summed E-state index contributed by atoms with van der Waals surface area (Å²) in [5.74, 6) is 0.830. The molecule has 2 N–H and O–H groups in total. The molecule has 0 bridgehead atoms. The first kappa shape index (κ1) is 11.6. The minimum Gasteiger partial charge on any atom is -0.329 e. The van der Waals surface area contributed by atoms with Gasteiger partial charge in [-0.05, 0) is 32.7 Å². The monoisotopic (exact) mass is 222 g/mol. The lowest BCUT2D eigenvalue weighted by Gasteiger charge is -2.26. The maximum absolute atomic E-state index is 5.84. The summed E-state index contributed by atoms with van der Waals surface area (Å²) in [6, 6.07) is 0.546. The van der Waals surface area contributed by atoms with E-state index in [1.54, 1.807) is 0 Å². The Balaban J connectivity index is 1.92. The normalized spacial score (nSPS) is 18.0. The Hall–Kier alpha value is -0.870. The molecule has 1 atom stereocenters. The molecular formula is C12H22N4. The maximum atomic E-state index is 5.84. The first-order valence-corrected chi connectivity index (χ1v) is 6.16. The zero-order valence-electron chi connectivity index (χ0n) is 10.3. The summed E-state index contributed by atoms with van der Waals surface area (Å²) in [5, 5.41) is 4.29. The van der Waals surface area contributed by atoms with Crippen molar-refractivity contribution in [3.63, 3.8) is 0 Å². The Kier molecular flexibility index (Phi) is 3.61. The molecule has 1 aliphatic carbocycles. The molecular weight excluding hydrogens is 200 g/mol. The first-order chi connectivity index (χ1) is 7.74. The lowest BCUT2D eigenvalue weighted by molar-refractivity contribution is 0.215. The van der Waals surface area contributed by atoms with Crippen molar-refractivity contribution in [1.82, 2.24) is 14.7 Å². The summed E-state index contributed by atoms with van der Waals surface area (Å²) in [6.45, 7) is 4.77. The largest absolute Gasteiger partial charge is 0.329 e. The van der Waals surface area contributed by atoms with E-state index < -0.39 is 0 Å². The molecule has 1 unspecified atom stereocenters. The predicted octanol–water partition coefficient (Wildman–Crippen LogP) is 1.07. The Morgan fingerprint density at radius 3 is 2.88 bits per heavy atom. The van der Waals surface area contributed by atoms with Crippen molar-refractivity contribution in [2.45, 2.75) is 38.9 Å². The summed E-state index contributed by atoms with van der Waals surface area (Å²) in [7, 11) is 2.17. The number of aryl methyl sites for hydroxylation is 1. The van der Waals surface area contributed by atoms with Gasteiger partial charge in [0.05, 0.1) is 6.20 Å². The van der Waals surface area contributed by atoms with Crippen LogP contribution in [0.2, 0.25) is 0 Å². The molecule has 90 valence electrons. The van der Waals surface area contributed by atoms with E-state index in [0.29, 0.717) is 6.04 Å². The topological polar surface area (TPSA) is 47.1 Å². The van der Waals surface area contributed by atoms with Crippen LogP contribution in [0.15, 0.2) is 12.4 Å². The molecule has 0 aliphatic heterocycles. The average molecular weight is 222 g/mol. The molecule has 1 heterocycles. The van der Waals surface area contributed by atoms with Gasteiger partial charge in [-0.3, -0.25) is 9.58 Å². The number of nitrogens with two attached hydrogens (primary N) is 1. The molecule has 2 rings (SSSR count). The Bertz CT molecular complexity index is 330. The van der Waals surface area contributed by atoms with Crippen LogP contribution in [0.5, 0.6) is 0 Å². The van der Waals surface area contributed by atoms with E-state index in [0.717, 1.165) is 25.6 Å². The van der Waals surface area contributed by atoms with Crippen LogP contribution < -0.4 is 5.73 Å². The molecule has 0 spiro atoms. The fraction of sp³-hybridized carbons (Fsp3) is 0.750. The third kappa shape index (κ3) is 2.62. The van der Waals surface area contributed by atoms with Crippen LogP contribution in [0, 0.1) is 5.92 Å². The van der Waals surface area contributed by atoms with Crippen molar-refractivity contribution in [2.75, 3.05) is 13.6 Å². The van der Waals surface area contributed by atoms with Gasteiger partial charge in [0, 0.05) is 37.4 Å². The van der Waals surface area contributed by atoms with Gasteiger partial charge in [-0.2, -0.15) is 5.10 Å². The van der Waals surface area contributed by atoms with E-state index in [1.165, 1.54) is 18.4 Å². The Morgan fingerprint density at radius 1 is 1.62 bits per heavy atom. The highest BCUT2D eigenvalue weighted by Crippen LogP contribution is 2.34. The van der Waals surface area contributed by atoms with E-state index in [-0.39, 0.29) is 0 Å². The Labute approximate surface area is 97.4 Å². The number of likely N-dealkylation sites (N-methyl/N-ethyl adjacent to an activating group) is 1. The van der Waals surface area contributed by atoms with Crippen LogP contribution in [-0.2, 0) is 13.1 Å². The second kappa shape index (κ2) is 4.97. The molecule has 1 aromatic heterocycles. The molecule has 0 saturated heterocycles. The summed E-state index contributed by atoms with van der Waals surface area (Å²) in [5.41, 5.74) is 7.12. The van der Waals surface area contributed by atoms with E-state index in [1.807, 2.05) is 10.9 Å². The third-order valence-electron chi connectivity index (χ3n) is 3.42. The van der Waals surface area contributed by atoms with E-state index >= 15 is 0 Å². The number of hydrogen-bond acceptors (Lipinski definition) is 3. The highest BCUT2D eigenvalue weighted by atomic mass is 15.3. The molecule has 4 nitrogen and oxygen atoms in total. The average Bonchev–Trinajstić information content (AvgIpc) is 2.99. The van der Waals surface area contributed by atoms with Crippen molar-refractivity contribution in [1.29, 1.82) is 0 Å². The zero-order chi connectivity index (χ0) is 11.5. The van der Waals surface area contributed by atoms with E-state index in [2.05, 4.69) is 30.2 Å². The van der Waals surface area contributed by atoms with Gasteiger partial charge < -0.3 is 5.73 Å². The lowest BCUT2D eigenvalue weighted by Crippen LogP contribution is -2.39. The fourth-order valence-corrected chi connectivity index (χ4v) is 2.28. The van der Waals surface area contributed by atoms with Crippen LogP contribution in [0.25, 0.3) is 0 Å². The summed E-state index contributed by atoms with van der Waals surface area (Å²) in [6.07, 6.45) is 6.78. The predicted molar refractivity (Wildman–Crippen MR) is 64.9 cm³/mol. The van der Waals surface area contributed by atoms with Crippen molar-refractivity contribution in [2.24, 2.45) is 11.7 Å². The molecule has 1 aliphatic rings.